The second kappa shape index (κ2) is 6.12. The number of aromatic nitrogens is 2. The van der Waals surface area contributed by atoms with Gasteiger partial charge in [-0.15, -0.1) is 0 Å². The Morgan fingerprint density at radius 1 is 1.47 bits per heavy atom. The van der Waals surface area contributed by atoms with Crippen LogP contribution in [0, 0.1) is 0 Å². The summed E-state index contributed by atoms with van der Waals surface area (Å²) in [5.74, 6) is 1.87. The second-order valence-corrected chi connectivity index (χ2v) is 4.47. The first-order valence-electron chi connectivity index (χ1n) is 6.47. The molecule has 2 heterocycles. The molecule has 0 aliphatic carbocycles. The minimum absolute atomic E-state index is 0.326. The number of hydrogen-bond donors (Lipinski definition) is 1. The van der Waals surface area contributed by atoms with E-state index in [1.165, 1.54) is 0 Å². The average molecular weight is 239 g/mol. The highest BCUT2D eigenvalue weighted by atomic mass is 16.5. The molecule has 0 amide bonds. The number of ether oxygens (including phenoxy) is 1. The molecule has 1 aliphatic rings. The molecular weight excluding hydrogens is 218 g/mol. The first-order chi connectivity index (χ1) is 8.33. The van der Waals surface area contributed by atoms with Crippen molar-refractivity contribution in [3.63, 3.8) is 0 Å². The Morgan fingerprint density at radius 2 is 2.35 bits per heavy atom. The fourth-order valence-electron chi connectivity index (χ4n) is 2.12. The van der Waals surface area contributed by atoms with Crippen molar-refractivity contribution in [3.05, 3.63) is 11.7 Å². The van der Waals surface area contributed by atoms with E-state index < -0.39 is 0 Å². The molecule has 1 fully saturated rings. The van der Waals surface area contributed by atoms with E-state index in [1.54, 1.807) is 0 Å². The summed E-state index contributed by atoms with van der Waals surface area (Å²) < 4.78 is 10.6. The molecule has 1 saturated heterocycles. The Bertz CT molecular complexity index is 334. The van der Waals surface area contributed by atoms with Crippen LogP contribution in [0.2, 0.25) is 0 Å². The minimum Gasteiger partial charge on any atom is -0.381 e. The maximum Gasteiger partial charge on any atom is 0.228 e. The first kappa shape index (κ1) is 12.5. The zero-order chi connectivity index (χ0) is 12.1. The van der Waals surface area contributed by atoms with Crippen molar-refractivity contribution in [1.82, 2.24) is 15.5 Å². The summed E-state index contributed by atoms with van der Waals surface area (Å²) in [6.07, 6.45) is 2.88. The van der Waals surface area contributed by atoms with Gasteiger partial charge in [-0.05, 0) is 19.4 Å². The van der Waals surface area contributed by atoms with Crippen LogP contribution in [0.1, 0.15) is 44.3 Å². The summed E-state index contributed by atoms with van der Waals surface area (Å²) in [6.45, 7) is 6.77. The molecule has 17 heavy (non-hydrogen) atoms. The zero-order valence-corrected chi connectivity index (χ0v) is 10.6. The predicted molar refractivity (Wildman–Crippen MR) is 63.9 cm³/mol. The summed E-state index contributed by atoms with van der Waals surface area (Å²) in [5.41, 5.74) is 0. The molecule has 0 spiro atoms. The van der Waals surface area contributed by atoms with Gasteiger partial charge in [-0.2, -0.15) is 4.98 Å². The fraction of sp³-hybridized carbons (Fsp3) is 0.833. The maximum atomic E-state index is 5.33. The van der Waals surface area contributed by atoms with Crippen molar-refractivity contribution in [1.29, 1.82) is 0 Å². The van der Waals surface area contributed by atoms with Crippen molar-refractivity contribution >= 4 is 0 Å². The molecule has 1 N–H and O–H groups in total. The van der Waals surface area contributed by atoms with E-state index in [4.69, 9.17) is 9.26 Å². The molecule has 5 heteroatoms. The van der Waals surface area contributed by atoms with Crippen LogP contribution in [-0.2, 0) is 11.2 Å². The third kappa shape index (κ3) is 3.26. The van der Waals surface area contributed by atoms with Gasteiger partial charge in [0.15, 0.2) is 5.82 Å². The van der Waals surface area contributed by atoms with Gasteiger partial charge in [0.05, 0.1) is 6.61 Å². The molecule has 2 atom stereocenters. The van der Waals surface area contributed by atoms with Gasteiger partial charge in [0.1, 0.15) is 0 Å². The van der Waals surface area contributed by atoms with Gasteiger partial charge < -0.3 is 14.6 Å². The highest BCUT2D eigenvalue weighted by Gasteiger charge is 2.23. The molecule has 2 rings (SSSR count). The summed E-state index contributed by atoms with van der Waals surface area (Å²) in [5, 5.41) is 7.46. The zero-order valence-electron chi connectivity index (χ0n) is 10.6. The van der Waals surface area contributed by atoms with Gasteiger partial charge in [0.25, 0.3) is 0 Å². The molecule has 1 aliphatic heterocycles. The van der Waals surface area contributed by atoms with Crippen LogP contribution < -0.4 is 5.32 Å². The van der Waals surface area contributed by atoms with Crippen LogP contribution in [0.4, 0.5) is 0 Å². The van der Waals surface area contributed by atoms with E-state index in [0.29, 0.717) is 12.0 Å². The third-order valence-corrected chi connectivity index (χ3v) is 3.19. The van der Waals surface area contributed by atoms with E-state index in [9.17, 15) is 0 Å². The number of nitrogens with zero attached hydrogens (tertiary/aromatic N) is 2. The van der Waals surface area contributed by atoms with Crippen molar-refractivity contribution in [2.75, 3.05) is 19.8 Å². The highest BCUT2D eigenvalue weighted by molar-refractivity contribution is 4.98. The highest BCUT2D eigenvalue weighted by Crippen LogP contribution is 2.22. The Morgan fingerprint density at radius 3 is 3.00 bits per heavy atom. The molecule has 2 unspecified atom stereocenters. The van der Waals surface area contributed by atoms with Gasteiger partial charge >= 0.3 is 0 Å². The monoisotopic (exact) mass is 239 g/mol. The summed E-state index contributed by atoms with van der Waals surface area (Å²) in [7, 11) is 0. The standard InChI is InChI=1S/C12H21N3O2/c1-3-10(13-4-2)7-11-14-12(15-17-11)9-5-6-16-8-9/h9-10,13H,3-8H2,1-2H3. The lowest BCUT2D eigenvalue weighted by molar-refractivity contribution is 0.192. The van der Waals surface area contributed by atoms with Crippen LogP contribution >= 0.6 is 0 Å². The fourth-order valence-corrected chi connectivity index (χ4v) is 2.12. The summed E-state index contributed by atoms with van der Waals surface area (Å²) in [6, 6.07) is 0.424. The number of hydrogen-bond acceptors (Lipinski definition) is 5. The smallest absolute Gasteiger partial charge is 0.228 e. The summed E-state index contributed by atoms with van der Waals surface area (Å²) >= 11 is 0. The van der Waals surface area contributed by atoms with Gasteiger partial charge in [-0.1, -0.05) is 19.0 Å². The van der Waals surface area contributed by atoms with Crippen LogP contribution in [-0.4, -0.2) is 35.9 Å². The lowest BCUT2D eigenvalue weighted by Crippen LogP contribution is -2.30. The molecule has 0 radical (unpaired) electrons. The molecule has 0 saturated carbocycles. The number of nitrogens with one attached hydrogen (secondary N) is 1. The van der Waals surface area contributed by atoms with Crippen LogP contribution in [0.25, 0.3) is 0 Å². The van der Waals surface area contributed by atoms with E-state index in [-0.39, 0.29) is 0 Å². The Labute approximate surface area is 102 Å². The van der Waals surface area contributed by atoms with E-state index >= 15 is 0 Å². The van der Waals surface area contributed by atoms with Crippen molar-refractivity contribution < 1.29 is 9.26 Å². The van der Waals surface area contributed by atoms with Gasteiger partial charge in [0.2, 0.25) is 5.89 Å². The average Bonchev–Trinajstić information content (AvgIpc) is 2.98. The van der Waals surface area contributed by atoms with Crippen molar-refractivity contribution in [3.8, 4) is 0 Å². The van der Waals surface area contributed by atoms with Crippen LogP contribution in [0.5, 0.6) is 0 Å². The SMILES string of the molecule is CCNC(CC)Cc1nc(C2CCOC2)no1. The minimum atomic E-state index is 0.326. The molecule has 96 valence electrons. The second-order valence-electron chi connectivity index (χ2n) is 4.47. The van der Waals surface area contributed by atoms with E-state index in [1.807, 2.05) is 0 Å². The molecular formula is C12H21N3O2. The first-order valence-corrected chi connectivity index (χ1v) is 6.47. The number of rotatable bonds is 6. The quantitative estimate of drug-likeness (QED) is 0.815. The van der Waals surface area contributed by atoms with Gasteiger partial charge in [0, 0.05) is 25.0 Å². The Balaban J connectivity index is 1.92. The molecule has 1 aromatic rings. The maximum absolute atomic E-state index is 5.33. The normalized spacial score (nSPS) is 21.9. The van der Waals surface area contributed by atoms with Crippen LogP contribution in [0.3, 0.4) is 0 Å². The van der Waals surface area contributed by atoms with Gasteiger partial charge in [-0.3, -0.25) is 0 Å². The van der Waals surface area contributed by atoms with Crippen molar-refractivity contribution in [2.45, 2.75) is 45.1 Å². The molecule has 5 nitrogen and oxygen atoms in total. The largest absolute Gasteiger partial charge is 0.381 e. The Hall–Kier alpha value is -0.940. The van der Waals surface area contributed by atoms with Crippen molar-refractivity contribution in [2.24, 2.45) is 0 Å². The molecule has 0 aromatic carbocycles. The van der Waals surface area contributed by atoms with E-state index in [2.05, 4.69) is 29.3 Å². The summed E-state index contributed by atoms with van der Waals surface area (Å²) in [4.78, 5) is 4.46. The predicted octanol–water partition coefficient (Wildman–Crippen LogP) is 1.50. The van der Waals surface area contributed by atoms with E-state index in [0.717, 1.165) is 50.7 Å². The lowest BCUT2D eigenvalue weighted by atomic mass is 10.1. The Kier molecular flexibility index (Phi) is 4.50. The van der Waals surface area contributed by atoms with Gasteiger partial charge in [-0.25, -0.2) is 0 Å². The topological polar surface area (TPSA) is 60.2 Å². The molecule has 1 aromatic heterocycles. The molecule has 0 bridgehead atoms. The van der Waals surface area contributed by atoms with Crippen LogP contribution in [0.15, 0.2) is 4.52 Å². The lowest BCUT2D eigenvalue weighted by Gasteiger charge is -2.12. The number of likely N-dealkylation sites (N-methyl/N-ethyl adjacent to an activating group) is 1. The third-order valence-electron chi connectivity index (χ3n) is 3.19.